The molecule has 0 N–H and O–H groups in total. The first kappa shape index (κ1) is 20.2. The van der Waals surface area contributed by atoms with E-state index in [-0.39, 0.29) is 30.3 Å². The number of hydrogen-bond acceptors (Lipinski definition) is 5. The maximum Gasteiger partial charge on any atom is 0.334 e. The van der Waals surface area contributed by atoms with E-state index in [1.807, 2.05) is 24.3 Å². The second-order valence-corrected chi connectivity index (χ2v) is 7.53. The number of hydrogen-bond donors (Lipinski definition) is 0. The first-order valence-corrected chi connectivity index (χ1v) is 10.0. The van der Waals surface area contributed by atoms with Gasteiger partial charge >= 0.3 is 11.9 Å². The smallest absolute Gasteiger partial charge is 0.334 e. The fourth-order valence-corrected chi connectivity index (χ4v) is 3.57. The normalized spacial score (nSPS) is 22.9. The molecule has 2 saturated heterocycles. The molecule has 0 amide bonds. The molecule has 0 aromatic heterocycles. The molecule has 28 heavy (non-hydrogen) atoms. The molecule has 0 saturated carbocycles. The lowest BCUT2D eigenvalue weighted by Gasteiger charge is -2.24. The molecule has 0 aliphatic carbocycles. The van der Waals surface area contributed by atoms with Gasteiger partial charge in [-0.05, 0) is 30.5 Å². The zero-order valence-corrected chi connectivity index (χ0v) is 16.4. The lowest BCUT2D eigenvalue weighted by atomic mass is 10.0. The van der Waals surface area contributed by atoms with Gasteiger partial charge in [-0.3, -0.25) is 0 Å². The Labute approximate surface area is 166 Å². The van der Waals surface area contributed by atoms with Crippen molar-refractivity contribution in [1.82, 2.24) is 0 Å². The Balaban J connectivity index is 1.64. The molecule has 2 fully saturated rings. The van der Waals surface area contributed by atoms with E-state index in [4.69, 9.17) is 14.2 Å². The number of esters is 2. The summed E-state index contributed by atoms with van der Waals surface area (Å²) in [6.45, 7) is 9.67. The average molecular weight is 384 g/mol. The summed E-state index contributed by atoms with van der Waals surface area (Å²) in [6, 6.07) is 7.54. The topological polar surface area (TPSA) is 61.8 Å². The Hall–Kier alpha value is -2.56. The van der Waals surface area contributed by atoms with Crippen LogP contribution in [0.15, 0.2) is 48.6 Å². The monoisotopic (exact) mass is 384 g/mol. The van der Waals surface area contributed by atoms with Gasteiger partial charge in [0, 0.05) is 24.0 Å². The zero-order chi connectivity index (χ0) is 20.1. The molecule has 0 bridgehead atoms. The molecule has 0 spiro atoms. The Morgan fingerprint density at radius 2 is 1.68 bits per heavy atom. The molecule has 1 aromatic carbocycles. The highest BCUT2D eigenvalue weighted by Crippen LogP contribution is 2.33. The summed E-state index contributed by atoms with van der Waals surface area (Å²) < 4.78 is 17.0. The minimum atomic E-state index is -0.333. The van der Waals surface area contributed by atoms with Gasteiger partial charge in [0.2, 0.25) is 0 Å². The van der Waals surface area contributed by atoms with Crippen LogP contribution in [0.3, 0.4) is 0 Å². The number of cyclic esters (lactones) is 2. The molecule has 3 atom stereocenters. The molecule has 2 heterocycles. The molecule has 3 unspecified atom stereocenters. The summed E-state index contributed by atoms with van der Waals surface area (Å²) in [5, 5.41) is 0. The van der Waals surface area contributed by atoms with E-state index in [0.29, 0.717) is 29.7 Å². The molecule has 1 aromatic rings. The summed E-state index contributed by atoms with van der Waals surface area (Å²) in [5.74, 6) is 0.0486. The van der Waals surface area contributed by atoms with Crippen LogP contribution in [0, 0.1) is 0 Å². The van der Waals surface area contributed by atoms with Gasteiger partial charge in [0.25, 0.3) is 0 Å². The summed E-state index contributed by atoms with van der Waals surface area (Å²) in [6.07, 6.45) is 5.59. The van der Waals surface area contributed by atoms with E-state index >= 15 is 0 Å². The fourth-order valence-electron chi connectivity index (χ4n) is 3.57. The summed E-state index contributed by atoms with van der Waals surface area (Å²) in [4.78, 5) is 23.3. The SMILES string of the molecule is C=C1CC(c2ccc(OC(CCCCCC)C3CC(=C)C(=O)O3)cc2)OC1=O. The van der Waals surface area contributed by atoms with Crippen molar-refractivity contribution in [2.75, 3.05) is 0 Å². The Morgan fingerprint density at radius 1 is 1.00 bits per heavy atom. The van der Waals surface area contributed by atoms with Crippen molar-refractivity contribution >= 4 is 11.9 Å². The highest BCUT2D eigenvalue weighted by molar-refractivity contribution is 5.90. The third kappa shape index (κ3) is 4.83. The van der Waals surface area contributed by atoms with E-state index in [9.17, 15) is 9.59 Å². The average Bonchev–Trinajstić information content (AvgIpc) is 3.20. The first-order valence-electron chi connectivity index (χ1n) is 10.0. The van der Waals surface area contributed by atoms with Gasteiger partial charge in [-0.2, -0.15) is 0 Å². The molecule has 0 radical (unpaired) electrons. The predicted octanol–water partition coefficient (Wildman–Crippen LogP) is 4.82. The minimum Gasteiger partial charge on any atom is -0.487 e. The van der Waals surface area contributed by atoms with Crippen LogP contribution in [0.25, 0.3) is 0 Å². The molecule has 5 heteroatoms. The van der Waals surface area contributed by atoms with Crippen LogP contribution in [0.5, 0.6) is 5.75 Å². The van der Waals surface area contributed by atoms with Gasteiger partial charge in [0.15, 0.2) is 0 Å². The van der Waals surface area contributed by atoms with Gasteiger partial charge in [-0.1, -0.05) is 51.5 Å². The number of carbonyl (C=O) groups is 2. The van der Waals surface area contributed by atoms with Crippen LogP contribution in [0.2, 0.25) is 0 Å². The van der Waals surface area contributed by atoms with E-state index in [0.717, 1.165) is 24.8 Å². The van der Waals surface area contributed by atoms with Crippen molar-refractivity contribution in [2.45, 2.75) is 70.2 Å². The number of unbranched alkanes of at least 4 members (excludes halogenated alkanes) is 3. The van der Waals surface area contributed by atoms with E-state index in [2.05, 4.69) is 20.1 Å². The number of rotatable bonds is 9. The van der Waals surface area contributed by atoms with Crippen molar-refractivity contribution in [1.29, 1.82) is 0 Å². The van der Waals surface area contributed by atoms with Crippen molar-refractivity contribution in [2.24, 2.45) is 0 Å². The van der Waals surface area contributed by atoms with E-state index < -0.39 is 0 Å². The van der Waals surface area contributed by atoms with Gasteiger partial charge in [0.05, 0.1) is 0 Å². The highest BCUT2D eigenvalue weighted by Gasteiger charge is 2.35. The van der Waals surface area contributed by atoms with Crippen molar-refractivity contribution in [3.8, 4) is 5.75 Å². The van der Waals surface area contributed by atoms with Crippen molar-refractivity contribution in [3.05, 3.63) is 54.1 Å². The fraction of sp³-hybridized carbons (Fsp3) is 0.478. The van der Waals surface area contributed by atoms with Gasteiger partial charge in [-0.25, -0.2) is 9.59 Å². The third-order valence-corrected chi connectivity index (χ3v) is 5.26. The Kier molecular flexibility index (Phi) is 6.55. The van der Waals surface area contributed by atoms with Crippen LogP contribution < -0.4 is 4.74 Å². The maximum atomic E-state index is 11.7. The molecule has 5 nitrogen and oxygen atoms in total. The summed E-state index contributed by atoms with van der Waals surface area (Å²) in [5.41, 5.74) is 1.92. The molecule has 2 aliphatic rings. The minimum absolute atomic E-state index is 0.199. The zero-order valence-electron chi connectivity index (χ0n) is 16.4. The Bertz CT molecular complexity index is 717. The molecular formula is C23H28O5. The lowest BCUT2D eigenvalue weighted by Crippen LogP contribution is -2.31. The van der Waals surface area contributed by atoms with Gasteiger partial charge < -0.3 is 14.2 Å². The van der Waals surface area contributed by atoms with Crippen LogP contribution >= 0.6 is 0 Å². The van der Waals surface area contributed by atoms with Crippen LogP contribution in [0.1, 0.15) is 63.5 Å². The molecule has 2 aliphatic heterocycles. The second kappa shape index (κ2) is 9.09. The quantitative estimate of drug-likeness (QED) is 0.347. The van der Waals surface area contributed by atoms with E-state index in [1.54, 1.807) is 0 Å². The van der Waals surface area contributed by atoms with Crippen molar-refractivity contribution in [3.63, 3.8) is 0 Å². The molecule has 3 rings (SSSR count). The predicted molar refractivity (Wildman–Crippen MR) is 106 cm³/mol. The number of benzene rings is 1. The lowest BCUT2D eigenvalue weighted by molar-refractivity contribution is -0.142. The largest absolute Gasteiger partial charge is 0.487 e. The van der Waals surface area contributed by atoms with Crippen LogP contribution in [0.4, 0.5) is 0 Å². The molecule has 150 valence electrons. The highest BCUT2D eigenvalue weighted by atomic mass is 16.6. The van der Waals surface area contributed by atoms with E-state index in [1.165, 1.54) is 12.8 Å². The number of ether oxygens (including phenoxy) is 3. The van der Waals surface area contributed by atoms with Gasteiger partial charge in [-0.15, -0.1) is 0 Å². The molecular weight excluding hydrogens is 356 g/mol. The summed E-state index contributed by atoms with van der Waals surface area (Å²) >= 11 is 0. The third-order valence-electron chi connectivity index (χ3n) is 5.26. The van der Waals surface area contributed by atoms with Gasteiger partial charge in [0.1, 0.15) is 24.1 Å². The van der Waals surface area contributed by atoms with Crippen molar-refractivity contribution < 1.29 is 23.8 Å². The van der Waals surface area contributed by atoms with Crippen LogP contribution in [-0.2, 0) is 19.1 Å². The standard InChI is InChI=1S/C23H28O5/c1-4-5-6-7-8-19(21-14-16(3)23(25)28-21)26-18-11-9-17(10-12-18)20-13-15(2)22(24)27-20/h9-12,19-21H,2-8,13-14H2,1H3. The van der Waals surface area contributed by atoms with Crippen LogP contribution in [-0.4, -0.2) is 24.1 Å². The number of carbonyl (C=O) groups excluding carboxylic acids is 2. The Morgan fingerprint density at radius 3 is 2.25 bits per heavy atom. The maximum absolute atomic E-state index is 11.7. The second-order valence-electron chi connectivity index (χ2n) is 7.53. The first-order chi connectivity index (χ1) is 13.5. The summed E-state index contributed by atoms with van der Waals surface area (Å²) in [7, 11) is 0.